The van der Waals surface area contributed by atoms with E-state index >= 15 is 0 Å². The van der Waals surface area contributed by atoms with Crippen molar-refractivity contribution >= 4 is 9.12 Å². The maximum atomic E-state index is 3.60. The Kier molecular flexibility index (Phi) is 5.79. The Morgan fingerprint density at radius 2 is 1.62 bits per heavy atom. The van der Waals surface area contributed by atoms with Crippen molar-refractivity contribution in [2.45, 2.75) is 33.2 Å². The summed E-state index contributed by atoms with van der Waals surface area (Å²) in [5.41, 5.74) is 0.235. The van der Waals surface area contributed by atoms with E-state index in [9.17, 15) is 0 Å². The summed E-state index contributed by atoms with van der Waals surface area (Å²) < 4.78 is 0. The number of hydrogen-bond donors (Lipinski definition) is 3. The highest BCUT2D eigenvalue weighted by molar-refractivity contribution is 6.53. The van der Waals surface area contributed by atoms with Crippen LogP contribution in [0, 0.1) is 5.92 Å². The molecule has 3 nitrogen and oxygen atoms in total. The van der Waals surface area contributed by atoms with Crippen LogP contribution in [0.4, 0.5) is 0 Å². The summed E-state index contributed by atoms with van der Waals surface area (Å²) in [6, 6.07) is 0. The first kappa shape index (κ1) is 13.1. The fraction of sp³-hybridized carbons (Fsp3) is 1.00. The average Bonchev–Trinajstić information content (AvgIpc) is 2.06. The molecule has 0 aromatic heterocycles. The van der Waals surface area contributed by atoms with Crippen LogP contribution in [-0.4, -0.2) is 34.9 Å². The minimum atomic E-state index is -0.944. The van der Waals surface area contributed by atoms with Crippen molar-refractivity contribution in [2.75, 3.05) is 20.3 Å². The number of rotatable bonds is 6. The number of hydrogen-bond acceptors (Lipinski definition) is 3. The van der Waals surface area contributed by atoms with Gasteiger partial charge in [-0.3, -0.25) is 0 Å². The fourth-order valence-electron chi connectivity index (χ4n) is 0.918. The van der Waals surface area contributed by atoms with Crippen molar-refractivity contribution in [1.82, 2.24) is 15.3 Å². The molecular formula is C9H25N3Si. The zero-order valence-corrected chi connectivity index (χ0v) is 11.0. The lowest BCUT2D eigenvalue weighted by molar-refractivity contribution is 0.302. The standard InChI is InChI=1S/C9H25N3Si/c1-8(2)9(3,4)12-7-13(10-5)11-6/h8,10-13H,7H2,1-6H3. The lowest BCUT2D eigenvalue weighted by Gasteiger charge is -2.32. The van der Waals surface area contributed by atoms with Crippen molar-refractivity contribution in [3.05, 3.63) is 0 Å². The summed E-state index contributed by atoms with van der Waals surface area (Å²) in [7, 11) is 3.11. The molecule has 0 spiro atoms. The van der Waals surface area contributed by atoms with E-state index in [1.165, 1.54) is 0 Å². The molecule has 13 heavy (non-hydrogen) atoms. The van der Waals surface area contributed by atoms with Crippen molar-refractivity contribution in [3.63, 3.8) is 0 Å². The van der Waals surface area contributed by atoms with Gasteiger partial charge in [-0.1, -0.05) is 13.8 Å². The molecule has 0 rings (SSSR count). The van der Waals surface area contributed by atoms with E-state index in [2.05, 4.69) is 43.0 Å². The Balaban J connectivity index is 3.85. The Bertz CT molecular complexity index is 133. The normalized spacial score (nSPS) is 12.9. The van der Waals surface area contributed by atoms with Crippen LogP contribution in [0.1, 0.15) is 27.7 Å². The lowest BCUT2D eigenvalue weighted by Crippen LogP contribution is -2.56. The SMILES string of the molecule is CN[SiH](CNC(C)(C)C(C)C)NC. The van der Waals surface area contributed by atoms with Gasteiger partial charge in [0.05, 0.1) is 0 Å². The third kappa shape index (κ3) is 4.76. The Morgan fingerprint density at radius 1 is 1.15 bits per heavy atom. The lowest BCUT2D eigenvalue weighted by atomic mass is 9.91. The molecule has 0 saturated heterocycles. The number of nitrogens with one attached hydrogen (secondary N) is 3. The first-order valence-corrected chi connectivity index (χ1v) is 7.00. The van der Waals surface area contributed by atoms with Gasteiger partial charge in [0.1, 0.15) is 0 Å². The van der Waals surface area contributed by atoms with Crippen molar-refractivity contribution in [1.29, 1.82) is 0 Å². The molecule has 4 heteroatoms. The molecule has 0 heterocycles. The fourth-order valence-corrected chi connectivity index (χ4v) is 2.34. The highest BCUT2D eigenvalue weighted by Crippen LogP contribution is 2.14. The van der Waals surface area contributed by atoms with Crippen molar-refractivity contribution in [3.8, 4) is 0 Å². The van der Waals surface area contributed by atoms with Crippen LogP contribution in [0.5, 0.6) is 0 Å². The third-order valence-corrected chi connectivity index (χ3v) is 4.91. The van der Waals surface area contributed by atoms with Crippen LogP contribution < -0.4 is 15.3 Å². The van der Waals surface area contributed by atoms with E-state index in [4.69, 9.17) is 0 Å². The van der Waals surface area contributed by atoms with E-state index in [1.807, 2.05) is 14.1 Å². The highest BCUT2D eigenvalue weighted by Gasteiger charge is 2.22. The summed E-state index contributed by atoms with van der Waals surface area (Å²) in [6.07, 6.45) is 1.08. The largest absolute Gasteiger partial charge is 0.330 e. The van der Waals surface area contributed by atoms with Gasteiger partial charge in [-0.2, -0.15) is 0 Å². The quantitative estimate of drug-likeness (QED) is 0.540. The van der Waals surface area contributed by atoms with Crippen LogP contribution in [0.2, 0.25) is 0 Å². The predicted octanol–water partition coefficient (Wildman–Crippen LogP) is 0.209. The maximum Gasteiger partial charge on any atom is 0.198 e. The van der Waals surface area contributed by atoms with Crippen LogP contribution in [-0.2, 0) is 0 Å². The minimum absolute atomic E-state index is 0.235. The maximum absolute atomic E-state index is 3.60. The second-order valence-corrected chi connectivity index (χ2v) is 7.06. The van der Waals surface area contributed by atoms with Gasteiger partial charge >= 0.3 is 0 Å². The first-order valence-electron chi connectivity index (χ1n) is 5.03. The summed E-state index contributed by atoms with van der Waals surface area (Å²) in [5, 5.41) is 3.60. The van der Waals surface area contributed by atoms with Crippen LogP contribution >= 0.6 is 0 Å². The zero-order chi connectivity index (χ0) is 10.5. The van der Waals surface area contributed by atoms with Gasteiger partial charge < -0.3 is 15.3 Å². The molecule has 80 valence electrons. The van der Waals surface area contributed by atoms with E-state index in [0.717, 1.165) is 6.17 Å². The summed E-state index contributed by atoms with van der Waals surface area (Å²) in [4.78, 5) is 6.66. The van der Waals surface area contributed by atoms with Gasteiger partial charge in [-0.25, -0.2) is 0 Å². The van der Waals surface area contributed by atoms with Gasteiger partial charge in [0.25, 0.3) is 0 Å². The molecule has 0 bridgehead atoms. The van der Waals surface area contributed by atoms with Gasteiger partial charge in [0.15, 0.2) is 9.12 Å². The van der Waals surface area contributed by atoms with E-state index < -0.39 is 9.12 Å². The molecule has 0 amide bonds. The Hall–Kier alpha value is 0.0969. The molecule has 0 aliphatic rings. The second-order valence-electron chi connectivity index (χ2n) is 4.39. The zero-order valence-electron chi connectivity index (χ0n) is 9.86. The molecule has 0 atom stereocenters. The summed E-state index contributed by atoms with van der Waals surface area (Å²) in [6.45, 7) is 9.02. The molecule has 0 unspecified atom stereocenters. The molecule has 0 saturated carbocycles. The van der Waals surface area contributed by atoms with E-state index in [1.54, 1.807) is 0 Å². The van der Waals surface area contributed by atoms with Gasteiger partial charge in [-0.15, -0.1) is 0 Å². The predicted molar refractivity (Wildman–Crippen MR) is 62.2 cm³/mol. The average molecular weight is 203 g/mol. The molecule has 0 fully saturated rings. The smallest absolute Gasteiger partial charge is 0.198 e. The van der Waals surface area contributed by atoms with Crippen LogP contribution in [0.3, 0.4) is 0 Å². The topological polar surface area (TPSA) is 36.1 Å². The van der Waals surface area contributed by atoms with Crippen LogP contribution in [0.25, 0.3) is 0 Å². The minimum Gasteiger partial charge on any atom is -0.330 e. The monoisotopic (exact) mass is 203 g/mol. The second kappa shape index (κ2) is 5.75. The van der Waals surface area contributed by atoms with E-state index in [0.29, 0.717) is 5.92 Å². The third-order valence-electron chi connectivity index (χ3n) is 2.90. The van der Waals surface area contributed by atoms with Crippen LogP contribution in [0.15, 0.2) is 0 Å². The Labute approximate surface area is 84.4 Å². The van der Waals surface area contributed by atoms with Crippen molar-refractivity contribution < 1.29 is 0 Å². The van der Waals surface area contributed by atoms with Gasteiger partial charge in [0.2, 0.25) is 0 Å². The molecule has 0 aliphatic heterocycles. The molecular weight excluding hydrogens is 178 g/mol. The summed E-state index contributed by atoms with van der Waals surface area (Å²) in [5.74, 6) is 0.663. The first-order chi connectivity index (χ1) is 5.94. The summed E-state index contributed by atoms with van der Waals surface area (Å²) >= 11 is 0. The molecule has 0 aromatic carbocycles. The molecule has 0 aromatic rings. The van der Waals surface area contributed by atoms with Gasteiger partial charge in [0, 0.05) is 11.7 Å². The molecule has 0 radical (unpaired) electrons. The Morgan fingerprint density at radius 3 is 1.92 bits per heavy atom. The molecule has 3 N–H and O–H groups in total. The van der Waals surface area contributed by atoms with Gasteiger partial charge in [-0.05, 0) is 33.9 Å². The highest BCUT2D eigenvalue weighted by atomic mass is 28.3. The molecule has 0 aliphatic carbocycles. The van der Waals surface area contributed by atoms with Crippen molar-refractivity contribution in [2.24, 2.45) is 5.92 Å². The van der Waals surface area contributed by atoms with E-state index in [-0.39, 0.29) is 5.54 Å².